The van der Waals surface area contributed by atoms with Gasteiger partial charge in [0.2, 0.25) is 0 Å². The van der Waals surface area contributed by atoms with Gasteiger partial charge in [-0.3, -0.25) is 0 Å². The van der Waals surface area contributed by atoms with Crippen molar-refractivity contribution in [2.45, 2.75) is 26.4 Å². The summed E-state index contributed by atoms with van der Waals surface area (Å²) in [5.41, 5.74) is 7.26. The number of carbonyl (C=O) groups excluding carboxylic acids is 1. The van der Waals surface area contributed by atoms with E-state index in [1.165, 1.54) is 0 Å². The van der Waals surface area contributed by atoms with Gasteiger partial charge >= 0.3 is 6.09 Å². The second-order valence-corrected chi connectivity index (χ2v) is 5.56. The fraction of sp³-hybridized carbons (Fsp3) is 0.429. The van der Waals surface area contributed by atoms with Crippen LogP contribution >= 0.6 is 0 Å². The number of ether oxygens (including phenoxy) is 1. The quantitative estimate of drug-likeness (QED) is 0.842. The number of rotatable bonds is 1. The van der Waals surface area contributed by atoms with Crippen LogP contribution in [0.4, 0.5) is 10.6 Å². The first-order chi connectivity index (χ1) is 8.85. The zero-order valence-electron chi connectivity index (χ0n) is 11.5. The molecule has 1 aromatic heterocycles. The molecule has 0 aromatic carbocycles. The van der Waals surface area contributed by atoms with Crippen LogP contribution in [-0.4, -0.2) is 34.7 Å². The van der Waals surface area contributed by atoms with Gasteiger partial charge in [-0.2, -0.15) is 0 Å². The van der Waals surface area contributed by atoms with Crippen molar-refractivity contribution >= 4 is 17.5 Å². The van der Waals surface area contributed by atoms with E-state index in [0.29, 0.717) is 18.9 Å². The lowest BCUT2D eigenvalue weighted by atomic mass is 10.1. The maximum Gasteiger partial charge on any atom is 0.410 e. The van der Waals surface area contributed by atoms with Crippen molar-refractivity contribution in [2.24, 2.45) is 0 Å². The number of nitrogens with two attached hydrogens (primary N) is 1. The van der Waals surface area contributed by atoms with Gasteiger partial charge in [0.15, 0.2) is 0 Å². The lowest BCUT2D eigenvalue weighted by Crippen LogP contribution is -2.35. The monoisotopic (exact) mass is 261 g/mol. The van der Waals surface area contributed by atoms with Gasteiger partial charge < -0.3 is 15.4 Å². The second-order valence-electron chi connectivity index (χ2n) is 5.56. The summed E-state index contributed by atoms with van der Waals surface area (Å²) >= 11 is 0. The van der Waals surface area contributed by atoms with Gasteiger partial charge in [0, 0.05) is 19.3 Å². The Labute approximate surface area is 113 Å². The van der Waals surface area contributed by atoms with E-state index in [0.717, 1.165) is 11.1 Å². The van der Waals surface area contributed by atoms with E-state index in [1.807, 2.05) is 39.0 Å². The molecule has 0 fully saturated rings. The molecular weight excluding hydrogens is 242 g/mol. The molecule has 1 aliphatic heterocycles. The number of carbonyl (C=O) groups is 1. The van der Waals surface area contributed by atoms with Gasteiger partial charge in [-0.15, -0.1) is 0 Å². The molecule has 2 N–H and O–H groups in total. The summed E-state index contributed by atoms with van der Waals surface area (Å²) in [5, 5.41) is 0. The molecule has 0 saturated carbocycles. The summed E-state index contributed by atoms with van der Waals surface area (Å²) in [6.07, 6.45) is 3.39. The molecule has 1 aliphatic rings. The van der Waals surface area contributed by atoms with Gasteiger partial charge in [-0.25, -0.2) is 9.78 Å². The minimum absolute atomic E-state index is 0.291. The zero-order valence-corrected chi connectivity index (χ0v) is 11.5. The van der Waals surface area contributed by atoms with E-state index in [2.05, 4.69) is 4.98 Å². The fourth-order valence-corrected chi connectivity index (χ4v) is 1.88. The summed E-state index contributed by atoms with van der Waals surface area (Å²) in [4.78, 5) is 17.6. The molecule has 1 amide bonds. The van der Waals surface area contributed by atoms with E-state index in [1.54, 1.807) is 11.1 Å². The summed E-state index contributed by atoms with van der Waals surface area (Å²) in [6, 6.07) is 3.70. The second kappa shape index (κ2) is 4.91. The first kappa shape index (κ1) is 13.4. The van der Waals surface area contributed by atoms with Gasteiger partial charge in [-0.05, 0) is 44.0 Å². The highest BCUT2D eigenvalue weighted by molar-refractivity contribution is 5.78. The van der Waals surface area contributed by atoms with Crippen LogP contribution in [0.3, 0.4) is 0 Å². The van der Waals surface area contributed by atoms with Crippen LogP contribution in [0.2, 0.25) is 0 Å². The van der Waals surface area contributed by atoms with Gasteiger partial charge in [0.1, 0.15) is 11.4 Å². The van der Waals surface area contributed by atoms with Crippen molar-refractivity contribution in [3.05, 3.63) is 30.0 Å². The smallest absolute Gasteiger partial charge is 0.410 e. The number of hydrogen-bond acceptors (Lipinski definition) is 4. The molecule has 2 heterocycles. The highest BCUT2D eigenvalue weighted by Crippen LogP contribution is 2.23. The largest absolute Gasteiger partial charge is 0.444 e. The van der Waals surface area contributed by atoms with Crippen LogP contribution in [0, 0.1) is 0 Å². The summed E-state index contributed by atoms with van der Waals surface area (Å²) in [6.45, 7) is 6.68. The van der Waals surface area contributed by atoms with E-state index in [9.17, 15) is 4.79 Å². The normalized spacial score (nSPS) is 15.3. The Hall–Kier alpha value is -2.04. The van der Waals surface area contributed by atoms with Crippen LogP contribution in [-0.2, 0) is 4.74 Å². The third-order valence-corrected chi connectivity index (χ3v) is 2.72. The number of nitrogens with zero attached hydrogens (tertiary/aromatic N) is 2. The van der Waals surface area contributed by atoms with Crippen molar-refractivity contribution in [3.8, 4) is 0 Å². The predicted molar refractivity (Wildman–Crippen MR) is 74.4 cm³/mol. The van der Waals surface area contributed by atoms with Crippen LogP contribution < -0.4 is 5.73 Å². The highest BCUT2D eigenvalue weighted by atomic mass is 16.6. The van der Waals surface area contributed by atoms with E-state index in [-0.39, 0.29) is 6.09 Å². The number of aromatic nitrogens is 1. The number of pyridine rings is 1. The topological polar surface area (TPSA) is 68.5 Å². The van der Waals surface area contributed by atoms with Crippen LogP contribution in [0.25, 0.3) is 5.57 Å². The third-order valence-electron chi connectivity index (χ3n) is 2.72. The third kappa shape index (κ3) is 3.47. The van der Waals surface area contributed by atoms with Crippen molar-refractivity contribution in [2.75, 3.05) is 18.8 Å². The zero-order chi connectivity index (χ0) is 14.0. The number of hydrogen-bond donors (Lipinski definition) is 1. The minimum atomic E-state index is -0.471. The molecule has 0 aliphatic carbocycles. The number of amides is 1. The van der Waals surface area contributed by atoms with E-state index in [4.69, 9.17) is 10.5 Å². The maximum atomic E-state index is 11.9. The summed E-state index contributed by atoms with van der Waals surface area (Å²) < 4.78 is 5.35. The van der Waals surface area contributed by atoms with Gasteiger partial charge in [-0.1, -0.05) is 6.08 Å². The molecule has 5 nitrogen and oxygen atoms in total. The Bertz CT molecular complexity index is 518. The predicted octanol–water partition coefficient (Wildman–Crippen LogP) is 2.30. The van der Waals surface area contributed by atoms with Crippen molar-refractivity contribution in [3.63, 3.8) is 0 Å². The highest BCUT2D eigenvalue weighted by Gasteiger charge is 2.25. The molecule has 0 unspecified atom stereocenters. The van der Waals surface area contributed by atoms with Crippen molar-refractivity contribution < 1.29 is 9.53 Å². The Kier molecular flexibility index (Phi) is 3.46. The van der Waals surface area contributed by atoms with Crippen molar-refractivity contribution in [1.82, 2.24) is 9.88 Å². The van der Waals surface area contributed by atoms with Crippen LogP contribution in [0.1, 0.15) is 26.3 Å². The molecule has 5 heteroatoms. The minimum Gasteiger partial charge on any atom is -0.444 e. The SMILES string of the molecule is CC(C)(C)OC(=O)N1CC=C(c2ccnc(N)c2)C1. The van der Waals surface area contributed by atoms with Crippen LogP contribution in [0.5, 0.6) is 0 Å². The molecule has 0 spiro atoms. The Morgan fingerprint density at radius 2 is 2.21 bits per heavy atom. The molecule has 0 atom stereocenters. The van der Waals surface area contributed by atoms with E-state index < -0.39 is 5.60 Å². The molecule has 0 saturated heterocycles. The first-order valence-electron chi connectivity index (χ1n) is 6.24. The number of anilines is 1. The molecule has 19 heavy (non-hydrogen) atoms. The molecule has 1 aromatic rings. The Morgan fingerprint density at radius 3 is 2.84 bits per heavy atom. The lowest BCUT2D eigenvalue weighted by molar-refractivity contribution is 0.0306. The molecule has 102 valence electrons. The average Bonchev–Trinajstić information content (AvgIpc) is 2.75. The molecule has 2 rings (SSSR count). The summed E-state index contributed by atoms with van der Waals surface area (Å²) in [7, 11) is 0. The van der Waals surface area contributed by atoms with Gasteiger partial charge in [0.25, 0.3) is 0 Å². The first-order valence-corrected chi connectivity index (χ1v) is 6.24. The number of nitrogen functional groups attached to an aromatic ring is 1. The Morgan fingerprint density at radius 1 is 1.47 bits per heavy atom. The lowest BCUT2D eigenvalue weighted by Gasteiger charge is -2.24. The molecule has 0 radical (unpaired) electrons. The Balaban J connectivity index is 2.01. The summed E-state index contributed by atoms with van der Waals surface area (Å²) in [5.74, 6) is 0.481. The van der Waals surface area contributed by atoms with Crippen molar-refractivity contribution in [1.29, 1.82) is 0 Å². The molecular formula is C14H19N3O2. The standard InChI is InChI=1S/C14H19N3O2/c1-14(2,3)19-13(18)17-7-5-11(9-17)10-4-6-16-12(15)8-10/h4-6,8H,7,9H2,1-3H3,(H2,15,16). The van der Waals surface area contributed by atoms with Gasteiger partial charge in [0.05, 0.1) is 0 Å². The maximum absolute atomic E-state index is 11.9. The average molecular weight is 261 g/mol. The van der Waals surface area contributed by atoms with E-state index >= 15 is 0 Å². The fourth-order valence-electron chi connectivity index (χ4n) is 1.88. The van der Waals surface area contributed by atoms with Crippen LogP contribution in [0.15, 0.2) is 24.4 Å². The molecule has 0 bridgehead atoms.